The summed E-state index contributed by atoms with van der Waals surface area (Å²) in [7, 11) is 0. The Morgan fingerprint density at radius 3 is 2.95 bits per heavy atom. The average molecular weight is 299 g/mol. The number of rotatable bonds is 4. The SMILES string of the molecule is CCNc1nc(C(=O)Nc2nncs2)cc2ccccc12. The van der Waals surface area contributed by atoms with Crippen LogP contribution in [0.4, 0.5) is 10.9 Å². The van der Waals surface area contributed by atoms with Crippen molar-refractivity contribution in [2.75, 3.05) is 17.2 Å². The molecule has 1 aromatic carbocycles. The van der Waals surface area contributed by atoms with Gasteiger partial charge in [0.25, 0.3) is 5.91 Å². The molecular formula is C14H13N5OS. The summed E-state index contributed by atoms with van der Waals surface area (Å²) in [6.07, 6.45) is 0. The molecule has 6 nitrogen and oxygen atoms in total. The van der Waals surface area contributed by atoms with Gasteiger partial charge in [-0.25, -0.2) is 4.98 Å². The van der Waals surface area contributed by atoms with E-state index >= 15 is 0 Å². The van der Waals surface area contributed by atoms with Gasteiger partial charge in [0, 0.05) is 11.9 Å². The van der Waals surface area contributed by atoms with E-state index in [0.29, 0.717) is 16.6 Å². The molecule has 3 aromatic rings. The first-order chi connectivity index (χ1) is 10.3. The molecule has 0 bridgehead atoms. The monoisotopic (exact) mass is 299 g/mol. The second-order valence-corrected chi connectivity index (χ2v) is 5.14. The molecule has 2 heterocycles. The molecule has 106 valence electrons. The summed E-state index contributed by atoms with van der Waals surface area (Å²) in [5.74, 6) is 0.412. The number of fused-ring (bicyclic) bond motifs is 1. The van der Waals surface area contributed by atoms with Gasteiger partial charge in [-0.2, -0.15) is 0 Å². The Bertz CT molecular complexity index is 772. The maximum atomic E-state index is 12.2. The van der Waals surface area contributed by atoms with E-state index in [2.05, 4.69) is 25.8 Å². The van der Waals surface area contributed by atoms with Crippen molar-refractivity contribution in [2.24, 2.45) is 0 Å². The van der Waals surface area contributed by atoms with Crippen molar-refractivity contribution in [1.29, 1.82) is 0 Å². The molecule has 0 radical (unpaired) electrons. The number of carbonyl (C=O) groups excluding carboxylic acids is 1. The highest BCUT2D eigenvalue weighted by Crippen LogP contribution is 2.23. The minimum absolute atomic E-state index is 0.295. The molecule has 0 aliphatic heterocycles. The molecule has 3 rings (SSSR count). The molecular weight excluding hydrogens is 286 g/mol. The van der Waals surface area contributed by atoms with Gasteiger partial charge in [0.05, 0.1) is 0 Å². The second-order valence-electron chi connectivity index (χ2n) is 4.31. The van der Waals surface area contributed by atoms with Crippen LogP contribution in [0.2, 0.25) is 0 Å². The number of hydrogen-bond acceptors (Lipinski definition) is 6. The van der Waals surface area contributed by atoms with Crippen molar-refractivity contribution in [3.63, 3.8) is 0 Å². The maximum absolute atomic E-state index is 12.2. The maximum Gasteiger partial charge on any atom is 0.276 e. The summed E-state index contributed by atoms with van der Waals surface area (Å²) in [6.45, 7) is 2.73. The van der Waals surface area contributed by atoms with E-state index in [1.165, 1.54) is 11.3 Å². The van der Waals surface area contributed by atoms with E-state index < -0.39 is 0 Å². The Morgan fingerprint density at radius 2 is 2.19 bits per heavy atom. The molecule has 0 aliphatic carbocycles. The van der Waals surface area contributed by atoms with Gasteiger partial charge in [0.2, 0.25) is 5.13 Å². The lowest BCUT2D eigenvalue weighted by Crippen LogP contribution is -2.15. The molecule has 1 amide bonds. The molecule has 2 N–H and O–H groups in total. The minimum Gasteiger partial charge on any atom is -0.370 e. The standard InChI is InChI=1S/C14H13N5OS/c1-2-15-12-10-6-4-3-5-9(10)7-11(17-12)13(20)18-14-19-16-8-21-14/h3-8H,2H2,1H3,(H,15,17)(H,18,19,20). The fourth-order valence-electron chi connectivity index (χ4n) is 2.01. The van der Waals surface area contributed by atoms with Gasteiger partial charge in [-0.15, -0.1) is 10.2 Å². The van der Waals surface area contributed by atoms with Crippen molar-refractivity contribution in [2.45, 2.75) is 6.92 Å². The molecule has 0 fully saturated rings. The van der Waals surface area contributed by atoms with Crippen molar-refractivity contribution >= 4 is 39.0 Å². The van der Waals surface area contributed by atoms with E-state index in [1.54, 1.807) is 11.6 Å². The Hall–Kier alpha value is -2.54. The Balaban J connectivity index is 2.00. The van der Waals surface area contributed by atoms with E-state index in [4.69, 9.17) is 0 Å². The number of aromatic nitrogens is 3. The van der Waals surface area contributed by atoms with Gasteiger partial charge in [0.15, 0.2) is 0 Å². The Morgan fingerprint density at radius 1 is 1.33 bits per heavy atom. The first-order valence-electron chi connectivity index (χ1n) is 6.49. The number of pyridine rings is 1. The summed E-state index contributed by atoms with van der Waals surface area (Å²) in [4.78, 5) is 16.7. The van der Waals surface area contributed by atoms with Gasteiger partial charge in [-0.05, 0) is 18.4 Å². The average Bonchev–Trinajstić information content (AvgIpc) is 3.00. The predicted molar refractivity (Wildman–Crippen MR) is 83.8 cm³/mol. The third kappa shape index (κ3) is 2.82. The number of amides is 1. The third-order valence-electron chi connectivity index (χ3n) is 2.90. The summed E-state index contributed by atoms with van der Waals surface area (Å²) in [5, 5.41) is 15.8. The lowest BCUT2D eigenvalue weighted by molar-refractivity contribution is 0.102. The Kier molecular flexibility index (Phi) is 3.74. The van der Waals surface area contributed by atoms with Crippen molar-refractivity contribution in [3.05, 3.63) is 41.5 Å². The number of nitrogens with zero attached hydrogens (tertiary/aromatic N) is 3. The number of anilines is 2. The van der Waals surface area contributed by atoms with Crippen LogP contribution in [0.5, 0.6) is 0 Å². The van der Waals surface area contributed by atoms with Crippen LogP contribution in [0, 0.1) is 0 Å². The second kappa shape index (κ2) is 5.84. The van der Waals surface area contributed by atoms with Gasteiger partial charge < -0.3 is 5.32 Å². The molecule has 0 aliphatic rings. The summed E-state index contributed by atoms with van der Waals surface area (Å²) >= 11 is 1.27. The zero-order valence-corrected chi connectivity index (χ0v) is 12.1. The van der Waals surface area contributed by atoms with Crippen LogP contribution in [0.25, 0.3) is 10.8 Å². The smallest absolute Gasteiger partial charge is 0.276 e. The zero-order chi connectivity index (χ0) is 14.7. The molecule has 7 heteroatoms. The molecule has 0 saturated heterocycles. The lowest BCUT2D eigenvalue weighted by atomic mass is 10.1. The van der Waals surface area contributed by atoms with Crippen LogP contribution < -0.4 is 10.6 Å². The first-order valence-corrected chi connectivity index (χ1v) is 7.37. The molecule has 21 heavy (non-hydrogen) atoms. The van der Waals surface area contributed by atoms with Crippen LogP contribution in [0.3, 0.4) is 0 Å². The highest BCUT2D eigenvalue weighted by molar-refractivity contribution is 7.13. The quantitative estimate of drug-likeness (QED) is 0.774. The van der Waals surface area contributed by atoms with Crippen LogP contribution >= 0.6 is 11.3 Å². The van der Waals surface area contributed by atoms with Gasteiger partial charge >= 0.3 is 0 Å². The fourth-order valence-corrected chi connectivity index (χ4v) is 2.45. The lowest BCUT2D eigenvalue weighted by Gasteiger charge is -2.09. The van der Waals surface area contributed by atoms with E-state index in [9.17, 15) is 4.79 Å². The zero-order valence-electron chi connectivity index (χ0n) is 11.3. The summed E-state index contributed by atoms with van der Waals surface area (Å²) in [6, 6.07) is 9.59. The van der Waals surface area contributed by atoms with Crippen LogP contribution in [-0.4, -0.2) is 27.6 Å². The van der Waals surface area contributed by atoms with Gasteiger partial charge in [0.1, 0.15) is 17.0 Å². The normalized spacial score (nSPS) is 10.5. The fraction of sp³-hybridized carbons (Fsp3) is 0.143. The predicted octanol–water partition coefficient (Wildman–Crippen LogP) is 2.77. The number of nitrogens with one attached hydrogen (secondary N) is 2. The van der Waals surface area contributed by atoms with Gasteiger partial charge in [-0.3, -0.25) is 10.1 Å². The number of carbonyl (C=O) groups is 1. The molecule has 0 atom stereocenters. The number of hydrogen-bond donors (Lipinski definition) is 2. The van der Waals surface area contributed by atoms with Crippen LogP contribution in [0.15, 0.2) is 35.8 Å². The van der Waals surface area contributed by atoms with Gasteiger partial charge in [-0.1, -0.05) is 35.6 Å². The minimum atomic E-state index is -0.295. The highest BCUT2D eigenvalue weighted by Gasteiger charge is 2.13. The van der Waals surface area contributed by atoms with Crippen LogP contribution in [-0.2, 0) is 0 Å². The van der Waals surface area contributed by atoms with E-state index in [1.807, 2.05) is 31.2 Å². The van der Waals surface area contributed by atoms with E-state index in [0.717, 1.165) is 17.3 Å². The van der Waals surface area contributed by atoms with Crippen molar-refractivity contribution < 1.29 is 4.79 Å². The van der Waals surface area contributed by atoms with E-state index in [-0.39, 0.29) is 5.91 Å². The van der Waals surface area contributed by atoms with Crippen molar-refractivity contribution in [3.8, 4) is 0 Å². The van der Waals surface area contributed by atoms with Crippen molar-refractivity contribution in [1.82, 2.24) is 15.2 Å². The molecule has 0 unspecified atom stereocenters. The summed E-state index contributed by atoms with van der Waals surface area (Å²) < 4.78 is 0. The number of benzene rings is 1. The first kappa shape index (κ1) is 13.4. The third-order valence-corrected chi connectivity index (χ3v) is 3.50. The Labute approximate surface area is 125 Å². The molecule has 2 aromatic heterocycles. The van der Waals surface area contributed by atoms with Crippen LogP contribution in [0.1, 0.15) is 17.4 Å². The summed E-state index contributed by atoms with van der Waals surface area (Å²) in [5.41, 5.74) is 1.91. The largest absolute Gasteiger partial charge is 0.370 e. The topological polar surface area (TPSA) is 79.8 Å². The molecule has 0 saturated carbocycles. The highest BCUT2D eigenvalue weighted by atomic mass is 32.1. The molecule has 0 spiro atoms.